The van der Waals surface area contributed by atoms with Crippen LogP contribution in [0.4, 0.5) is 0 Å². The predicted octanol–water partition coefficient (Wildman–Crippen LogP) is 17.5. The molecular weight excluding hydrogens is 797 g/mol. The molecule has 0 saturated heterocycles. The minimum Gasteiger partial charge on any atom is -0.309 e. The Balaban J connectivity index is 1.06. The summed E-state index contributed by atoms with van der Waals surface area (Å²) in [6.45, 7) is 4.40. The second-order valence-electron chi connectivity index (χ2n) is 17.8. The van der Waals surface area contributed by atoms with Crippen molar-refractivity contribution in [2.75, 3.05) is 0 Å². The molecule has 0 aliphatic heterocycles. The van der Waals surface area contributed by atoms with Gasteiger partial charge in [0.2, 0.25) is 0 Å². The molecule has 0 amide bonds. The standard InChI is InChI=1S/C64H44N2/c1-41-15-11-17-45(39-41)61-55-25-13-24-50(44-33-37-48(38-34-44)66-59-29-9-5-21-53(59)54-22-6-10-30-60(54)66)64(55)62(46-18-12-16-42(2)40-46)56-26-14-23-49(63(56)61)43-31-35-47(36-32-43)65-57-27-7-3-19-51(57)52-20-4-8-28-58(52)65/h3-40H,1-2H3. The van der Waals surface area contributed by atoms with Crippen LogP contribution in [0.1, 0.15) is 11.1 Å². The van der Waals surface area contributed by atoms with E-state index in [2.05, 4.69) is 254 Å². The Hall–Kier alpha value is -8.46. The van der Waals surface area contributed by atoms with Gasteiger partial charge in [0.1, 0.15) is 0 Å². The van der Waals surface area contributed by atoms with E-state index in [-0.39, 0.29) is 0 Å². The Kier molecular flexibility index (Phi) is 8.69. The lowest BCUT2D eigenvalue weighted by Gasteiger charge is -2.23. The van der Waals surface area contributed by atoms with Crippen molar-refractivity contribution >= 4 is 65.2 Å². The molecule has 2 nitrogen and oxygen atoms in total. The number of rotatable bonds is 6. The number of fused-ring (bicyclic) bond motifs is 8. The number of hydrogen-bond acceptors (Lipinski definition) is 0. The lowest BCUT2D eigenvalue weighted by molar-refractivity contribution is 1.18. The second kappa shape index (κ2) is 15.1. The lowest BCUT2D eigenvalue weighted by atomic mass is 9.80. The maximum atomic E-state index is 2.40. The van der Waals surface area contributed by atoms with E-state index in [4.69, 9.17) is 0 Å². The first-order chi connectivity index (χ1) is 32.6. The first kappa shape index (κ1) is 38.0. The molecule has 0 saturated carbocycles. The zero-order chi connectivity index (χ0) is 43.9. The highest BCUT2D eigenvalue weighted by molar-refractivity contribution is 6.27. The van der Waals surface area contributed by atoms with Gasteiger partial charge in [-0.05, 0) is 128 Å². The summed E-state index contributed by atoms with van der Waals surface area (Å²) < 4.78 is 4.80. The van der Waals surface area contributed by atoms with Gasteiger partial charge in [-0.1, -0.05) is 193 Å². The van der Waals surface area contributed by atoms with Crippen LogP contribution in [0.5, 0.6) is 0 Å². The van der Waals surface area contributed by atoms with Crippen molar-refractivity contribution in [3.8, 4) is 55.9 Å². The van der Waals surface area contributed by atoms with Gasteiger partial charge in [0.05, 0.1) is 22.1 Å². The van der Waals surface area contributed by atoms with Crippen LogP contribution in [-0.4, -0.2) is 9.13 Å². The summed E-state index contributed by atoms with van der Waals surface area (Å²) in [5.74, 6) is 0. The normalized spacial score (nSPS) is 11.8. The Bertz CT molecular complexity index is 3680. The molecule has 0 atom stereocenters. The smallest absolute Gasteiger partial charge is 0.0541 e. The SMILES string of the molecule is Cc1cccc(-c2c3cccc(-c4ccc(-n5c6ccccc6c6ccccc65)cc4)c3c(-c3cccc(C)c3)c3cccc(-c4ccc(-n5c6ccccc6c6ccccc65)cc4)c23)c1. The van der Waals surface area contributed by atoms with Crippen LogP contribution in [0.3, 0.4) is 0 Å². The van der Waals surface area contributed by atoms with E-state index in [0.29, 0.717) is 0 Å². The van der Waals surface area contributed by atoms with E-state index >= 15 is 0 Å². The van der Waals surface area contributed by atoms with Gasteiger partial charge in [-0.15, -0.1) is 0 Å². The first-order valence-electron chi connectivity index (χ1n) is 22.9. The Morgan fingerprint density at radius 1 is 0.258 bits per heavy atom. The van der Waals surface area contributed by atoms with Crippen molar-refractivity contribution in [1.82, 2.24) is 9.13 Å². The molecule has 0 unspecified atom stereocenters. The molecule has 0 spiro atoms. The third-order valence-electron chi connectivity index (χ3n) is 13.8. The topological polar surface area (TPSA) is 9.86 Å². The minimum absolute atomic E-state index is 1.15. The summed E-state index contributed by atoms with van der Waals surface area (Å²) in [7, 11) is 0. The van der Waals surface area contributed by atoms with Crippen molar-refractivity contribution in [3.63, 3.8) is 0 Å². The van der Waals surface area contributed by atoms with Crippen LogP contribution in [0.25, 0.3) is 121 Å². The van der Waals surface area contributed by atoms with E-state index in [1.165, 1.54) is 121 Å². The summed E-state index contributed by atoms with van der Waals surface area (Å²) in [5, 5.41) is 10.1. The molecule has 310 valence electrons. The van der Waals surface area contributed by atoms with E-state index in [1.54, 1.807) is 0 Å². The predicted molar refractivity (Wildman–Crippen MR) is 281 cm³/mol. The molecule has 66 heavy (non-hydrogen) atoms. The van der Waals surface area contributed by atoms with Gasteiger partial charge in [-0.3, -0.25) is 0 Å². The maximum Gasteiger partial charge on any atom is 0.0541 e. The van der Waals surface area contributed by atoms with Crippen molar-refractivity contribution in [2.45, 2.75) is 13.8 Å². The summed E-state index contributed by atoms with van der Waals surface area (Å²) in [6.07, 6.45) is 0. The van der Waals surface area contributed by atoms with Gasteiger partial charge >= 0.3 is 0 Å². The highest BCUT2D eigenvalue weighted by Gasteiger charge is 2.23. The molecule has 0 N–H and O–H groups in total. The molecule has 13 rings (SSSR count). The molecule has 2 aromatic heterocycles. The van der Waals surface area contributed by atoms with Crippen molar-refractivity contribution in [3.05, 3.63) is 242 Å². The van der Waals surface area contributed by atoms with E-state index in [0.717, 1.165) is 11.4 Å². The van der Waals surface area contributed by atoms with Gasteiger partial charge < -0.3 is 9.13 Å². The first-order valence-corrected chi connectivity index (χ1v) is 22.9. The Morgan fingerprint density at radius 2 is 0.576 bits per heavy atom. The number of benzene rings is 11. The van der Waals surface area contributed by atoms with E-state index in [1.807, 2.05) is 0 Å². The van der Waals surface area contributed by atoms with Gasteiger partial charge in [-0.2, -0.15) is 0 Å². The maximum absolute atomic E-state index is 2.40. The molecule has 0 fully saturated rings. The van der Waals surface area contributed by atoms with Crippen LogP contribution in [-0.2, 0) is 0 Å². The van der Waals surface area contributed by atoms with E-state index < -0.39 is 0 Å². The number of hydrogen-bond donors (Lipinski definition) is 0. The van der Waals surface area contributed by atoms with Crippen LogP contribution >= 0.6 is 0 Å². The van der Waals surface area contributed by atoms with Crippen molar-refractivity contribution in [1.29, 1.82) is 0 Å². The fourth-order valence-corrected chi connectivity index (χ4v) is 11.0. The quantitative estimate of drug-likeness (QED) is 0.148. The fraction of sp³-hybridized carbons (Fsp3) is 0.0312. The minimum atomic E-state index is 1.15. The molecule has 0 bridgehead atoms. The molecule has 0 radical (unpaired) electrons. The fourth-order valence-electron chi connectivity index (χ4n) is 11.0. The molecule has 2 heterocycles. The van der Waals surface area contributed by atoms with Gasteiger partial charge in [0.15, 0.2) is 0 Å². The van der Waals surface area contributed by atoms with Crippen molar-refractivity contribution < 1.29 is 0 Å². The highest BCUT2D eigenvalue weighted by atomic mass is 15.0. The van der Waals surface area contributed by atoms with Gasteiger partial charge in [-0.25, -0.2) is 0 Å². The van der Waals surface area contributed by atoms with Crippen molar-refractivity contribution in [2.24, 2.45) is 0 Å². The Morgan fingerprint density at radius 3 is 0.924 bits per heavy atom. The monoisotopic (exact) mass is 840 g/mol. The summed E-state index contributed by atoms with van der Waals surface area (Å²) in [4.78, 5) is 0. The van der Waals surface area contributed by atoms with Crippen LogP contribution < -0.4 is 0 Å². The average Bonchev–Trinajstić information content (AvgIpc) is 3.88. The van der Waals surface area contributed by atoms with Gasteiger partial charge in [0.25, 0.3) is 0 Å². The number of nitrogens with zero attached hydrogens (tertiary/aromatic N) is 2. The van der Waals surface area contributed by atoms with Crippen LogP contribution in [0.15, 0.2) is 231 Å². The average molecular weight is 841 g/mol. The number of aromatic nitrogens is 2. The number of para-hydroxylation sites is 4. The molecular formula is C64H44N2. The highest BCUT2D eigenvalue weighted by Crippen LogP contribution is 2.50. The summed E-state index contributed by atoms with van der Waals surface area (Å²) in [5.41, 5.74) is 19.4. The molecule has 13 aromatic rings. The molecule has 0 aliphatic rings. The van der Waals surface area contributed by atoms with Gasteiger partial charge in [0, 0.05) is 32.9 Å². The third-order valence-corrected chi connectivity index (χ3v) is 13.8. The Labute approximate surface area is 383 Å². The van der Waals surface area contributed by atoms with Crippen LogP contribution in [0, 0.1) is 13.8 Å². The molecule has 2 heteroatoms. The van der Waals surface area contributed by atoms with Crippen LogP contribution in [0.2, 0.25) is 0 Å². The van der Waals surface area contributed by atoms with E-state index in [9.17, 15) is 0 Å². The zero-order valence-electron chi connectivity index (χ0n) is 36.8. The largest absolute Gasteiger partial charge is 0.309 e. The third kappa shape index (κ3) is 5.89. The molecule has 11 aromatic carbocycles. The number of aryl methyl sites for hydroxylation is 2. The zero-order valence-corrected chi connectivity index (χ0v) is 36.8. The molecule has 0 aliphatic carbocycles. The second-order valence-corrected chi connectivity index (χ2v) is 17.8. The lowest BCUT2D eigenvalue weighted by Crippen LogP contribution is -1.97. The summed E-state index contributed by atoms with van der Waals surface area (Å²) >= 11 is 0. The summed E-state index contributed by atoms with van der Waals surface area (Å²) in [6, 6.07) is 85.4.